The first-order valence-electron chi connectivity index (χ1n) is 7.84. The molecule has 0 aliphatic heterocycles. The van der Waals surface area contributed by atoms with Crippen molar-refractivity contribution in [2.75, 3.05) is 11.9 Å². The number of carboxylic acids is 1. The number of hydrogen-bond acceptors (Lipinski definition) is 3. The molecular formula is C17H21NO4. The maximum Gasteiger partial charge on any atom is 0.341 e. The Morgan fingerprint density at radius 3 is 2.82 bits per heavy atom. The standard InChI is InChI=1S/C17H21NO4/c19-16(8-13-7-11-4-5-12(13)6-11)18-14-2-1-3-15(9-14)22-10-17(20)21/h1-3,9,11-13H,4-8,10H2,(H,18,19)(H,20,21). The van der Waals surface area contributed by atoms with E-state index in [2.05, 4.69) is 5.32 Å². The molecule has 3 rings (SSSR count). The number of aliphatic carboxylic acids is 1. The SMILES string of the molecule is O=C(O)COc1cccc(NC(=O)CC2CC3CCC2C3)c1. The highest BCUT2D eigenvalue weighted by Crippen LogP contribution is 2.49. The lowest BCUT2D eigenvalue weighted by molar-refractivity contribution is -0.139. The number of carbonyl (C=O) groups excluding carboxylic acids is 1. The Hall–Kier alpha value is -2.04. The van der Waals surface area contributed by atoms with Crippen LogP contribution in [0.4, 0.5) is 5.69 Å². The van der Waals surface area contributed by atoms with Crippen LogP contribution in [0.2, 0.25) is 0 Å². The van der Waals surface area contributed by atoms with E-state index < -0.39 is 5.97 Å². The van der Waals surface area contributed by atoms with E-state index in [0.29, 0.717) is 23.8 Å². The van der Waals surface area contributed by atoms with Crippen LogP contribution >= 0.6 is 0 Å². The zero-order chi connectivity index (χ0) is 15.5. The number of fused-ring (bicyclic) bond motifs is 2. The number of carbonyl (C=O) groups is 2. The molecule has 0 heterocycles. The number of benzene rings is 1. The van der Waals surface area contributed by atoms with Gasteiger partial charge < -0.3 is 15.2 Å². The molecule has 3 unspecified atom stereocenters. The number of rotatable bonds is 6. The van der Waals surface area contributed by atoms with E-state index in [4.69, 9.17) is 9.84 Å². The van der Waals surface area contributed by atoms with Gasteiger partial charge in [-0.1, -0.05) is 12.5 Å². The smallest absolute Gasteiger partial charge is 0.341 e. The van der Waals surface area contributed by atoms with Gasteiger partial charge in [-0.3, -0.25) is 4.79 Å². The monoisotopic (exact) mass is 303 g/mol. The molecule has 1 aromatic rings. The van der Waals surface area contributed by atoms with E-state index in [-0.39, 0.29) is 12.5 Å². The summed E-state index contributed by atoms with van der Waals surface area (Å²) >= 11 is 0. The highest BCUT2D eigenvalue weighted by atomic mass is 16.5. The van der Waals surface area contributed by atoms with E-state index >= 15 is 0 Å². The van der Waals surface area contributed by atoms with Crippen molar-refractivity contribution in [3.05, 3.63) is 24.3 Å². The summed E-state index contributed by atoms with van der Waals surface area (Å²) in [5.41, 5.74) is 0.649. The average Bonchev–Trinajstić information content (AvgIpc) is 3.08. The molecule has 118 valence electrons. The van der Waals surface area contributed by atoms with Gasteiger partial charge in [0.25, 0.3) is 0 Å². The second kappa shape index (κ2) is 6.38. The van der Waals surface area contributed by atoms with Gasteiger partial charge in [-0.05, 0) is 49.1 Å². The van der Waals surface area contributed by atoms with Crippen molar-refractivity contribution in [3.8, 4) is 5.75 Å². The van der Waals surface area contributed by atoms with Gasteiger partial charge in [0.2, 0.25) is 5.91 Å². The fourth-order valence-corrected chi connectivity index (χ4v) is 3.89. The first-order valence-corrected chi connectivity index (χ1v) is 7.84. The van der Waals surface area contributed by atoms with Crippen LogP contribution in [0.5, 0.6) is 5.75 Å². The van der Waals surface area contributed by atoms with Crippen molar-refractivity contribution in [1.82, 2.24) is 0 Å². The largest absolute Gasteiger partial charge is 0.482 e. The molecule has 1 amide bonds. The number of anilines is 1. The number of nitrogens with one attached hydrogen (secondary N) is 1. The van der Waals surface area contributed by atoms with E-state index in [0.717, 1.165) is 11.8 Å². The molecular weight excluding hydrogens is 282 g/mol. The van der Waals surface area contributed by atoms with Crippen LogP contribution in [0.3, 0.4) is 0 Å². The van der Waals surface area contributed by atoms with Crippen LogP contribution in [0.15, 0.2) is 24.3 Å². The summed E-state index contributed by atoms with van der Waals surface area (Å²) < 4.78 is 5.11. The molecule has 22 heavy (non-hydrogen) atoms. The van der Waals surface area contributed by atoms with Gasteiger partial charge in [0.15, 0.2) is 6.61 Å². The molecule has 5 heteroatoms. The average molecular weight is 303 g/mol. The quantitative estimate of drug-likeness (QED) is 0.847. The Labute approximate surface area is 129 Å². The summed E-state index contributed by atoms with van der Waals surface area (Å²) in [5, 5.41) is 11.5. The van der Waals surface area contributed by atoms with Gasteiger partial charge in [-0.15, -0.1) is 0 Å². The highest BCUT2D eigenvalue weighted by molar-refractivity contribution is 5.91. The van der Waals surface area contributed by atoms with Crippen LogP contribution in [0.25, 0.3) is 0 Å². The summed E-state index contributed by atoms with van der Waals surface area (Å²) in [5.74, 6) is 1.57. The molecule has 2 saturated carbocycles. The van der Waals surface area contributed by atoms with Crippen LogP contribution in [0, 0.1) is 17.8 Å². The molecule has 2 fully saturated rings. The van der Waals surface area contributed by atoms with E-state index in [1.807, 2.05) is 0 Å². The van der Waals surface area contributed by atoms with Crippen molar-refractivity contribution < 1.29 is 19.4 Å². The molecule has 2 aliphatic rings. The van der Waals surface area contributed by atoms with E-state index in [1.54, 1.807) is 24.3 Å². The van der Waals surface area contributed by atoms with Gasteiger partial charge >= 0.3 is 5.97 Å². The molecule has 0 spiro atoms. The van der Waals surface area contributed by atoms with Crippen molar-refractivity contribution in [1.29, 1.82) is 0 Å². The number of carboxylic acid groups (broad SMARTS) is 1. The predicted octanol–water partition coefficient (Wildman–Crippen LogP) is 2.91. The van der Waals surface area contributed by atoms with Crippen molar-refractivity contribution in [2.45, 2.75) is 32.1 Å². The lowest BCUT2D eigenvalue weighted by Crippen LogP contribution is -2.20. The van der Waals surface area contributed by atoms with Crippen molar-refractivity contribution in [2.24, 2.45) is 17.8 Å². The normalized spacial score (nSPS) is 25.9. The number of amides is 1. The van der Waals surface area contributed by atoms with Gasteiger partial charge in [-0.25, -0.2) is 4.79 Å². The second-order valence-electron chi connectivity index (χ2n) is 6.40. The minimum atomic E-state index is -1.02. The Bertz CT molecular complexity index is 572. The Kier molecular flexibility index (Phi) is 4.32. The predicted molar refractivity (Wildman–Crippen MR) is 81.8 cm³/mol. The Morgan fingerprint density at radius 1 is 1.27 bits per heavy atom. The first-order chi connectivity index (χ1) is 10.6. The topological polar surface area (TPSA) is 75.6 Å². The summed E-state index contributed by atoms with van der Waals surface area (Å²) in [4.78, 5) is 22.7. The molecule has 2 bridgehead atoms. The lowest BCUT2D eigenvalue weighted by Gasteiger charge is -2.20. The zero-order valence-corrected chi connectivity index (χ0v) is 12.5. The molecule has 3 atom stereocenters. The summed E-state index contributed by atoms with van der Waals surface area (Å²) in [6.07, 6.45) is 5.70. The van der Waals surface area contributed by atoms with Gasteiger partial charge in [0.1, 0.15) is 5.75 Å². The van der Waals surface area contributed by atoms with Gasteiger partial charge in [0.05, 0.1) is 0 Å². The molecule has 0 radical (unpaired) electrons. The van der Waals surface area contributed by atoms with Crippen molar-refractivity contribution in [3.63, 3.8) is 0 Å². The third-order valence-corrected chi connectivity index (χ3v) is 4.81. The minimum absolute atomic E-state index is 0.0351. The third kappa shape index (κ3) is 3.59. The number of ether oxygens (including phenoxy) is 1. The van der Waals surface area contributed by atoms with Crippen LogP contribution < -0.4 is 10.1 Å². The first kappa shape index (κ1) is 14.9. The molecule has 0 aromatic heterocycles. The molecule has 2 aliphatic carbocycles. The minimum Gasteiger partial charge on any atom is -0.482 e. The van der Waals surface area contributed by atoms with E-state index in [9.17, 15) is 9.59 Å². The van der Waals surface area contributed by atoms with Crippen LogP contribution in [0.1, 0.15) is 32.1 Å². The number of hydrogen-bond donors (Lipinski definition) is 2. The summed E-state index contributed by atoms with van der Waals surface area (Å²) in [6.45, 7) is -0.386. The third-order valence-electron chi connectivity index (χ3n) is 4.81. The summed E-state index contributed by atoms with van der Waals surface area (Å²) in [7, 11) is 0. The molecule has 2 N–H and O–H groups in total. The Balaban J connectivity index is 1.52. The van der Waals surface area contributed by atoms with Gasteiger partial charge in [0, 0.05) is 18.2 Å². The molecule has 5 nitrogen and oxygen atoms in total. The molecule has 0 saturated heterocycles. The second-order valence-corrected chi connectivity index (χ2v) is 6.40. The van der Waals surface area contributed by atoms with Crippen molar-refractivity contribution >= 4 is 17.6 Å². The molecule has 1 aromatic carbocycles. The Morgan fingerprint density at radius 2 is 2.14 bits per heavy atom. The van der Waals surface area contributed by atoms with Crippen LogP contribution in [-0.4, -0.2) is 23.6 Å². The highest BCUT2D eigenvalue weighted by Gasteiger charge is 2.40. The fourth-order valence-electron chi connectivity index (χ4n) is 3.89. The summed E-state index contributed by atoms with van der Waals surface area (Å²) in [6, 6.07) is 6.85. The van der Waals surface area contributed by atoms with E-state index in [1.165, 1.54) is 25.7 Å². The lowest BCUT2D eigenvalue weighted by atomic mass is 9.86. The van der Waals surface area contributed by atoms with Gasteiger partial charge in [-0.2, -0.15) is 0 Å². The zero-order valence-electron chi connectivity index (χ0n) is 12.5. The van der Waals surface area contributed by atoms with Crippen LogP contribution in [-0.2, 0) is 9.59 Å². The maximum absolute atomic E-state index is 12.2. The fraction of sp³-hybridized carbons (Fsp3) is 0.529. The maximum atomic E-state index is 12.2.